The summed E-state index contributed by atoms with van der Waals surface area (Å²) in [6.07, 6.45) is 4.78. The molecule has 2 aromatic rings. The van der Waals surface area contributed by atoms with Gasteiger partial charge in [-0.2, -0.15) is 8.78 Å². The molecule has 3 heterocycles. The second kappa shape index (κ2) is 15.8. The molecule has 59 heavy (non-hydrogen) atoms. The number of methoxy groups -OCH3 is 1. The van der Waals surface area contributed by atoms with Gasteiger partial charge in [-0.05, 0) is 101 Å². The first-order chi connectivity index (χ1) is 27.6. The molecule has 1 aromatic carbocycles. The largest absolute Gasteiger partial charge is 0.494 e. The lowest BCUT2D eigenvalue weighted by atomic mass is 9.83. The minimum atomic E-state index is -4.36. The van der Waals surface area contributed by atoms with E-state index in [1.807, 2.05) is 13.0 Å². The minimum absolute atomic E-state index is 0.0106. The molecule has 4 amide bonds. The second-order valence-corrected chi connectivity index (χ2v) is 19.4. The SMILES string of the molecule is CCC(C)N(C(=O)O)[C@@H]1C(=O)N2[C@@H](C[C@@](C)(Oc3nccc4cc(OC)c(F)cc34)C2(F)F)C(=O)N[C@]2(C(=O)NS(=O)(=O)C3(C)CC3)C[C@H]2/C=C\CC[C@@H](C)C[C@H]1CC. The molecular weight excluding hydrogens is 796 g/mol. The maximum atomic E-state index is 17.7. The zero-order valence-corrected chi connectivity index (χ0v) is 35.2. The lowest BCUT2D eigenvalue weighted by Gasteiger charge is -2.43. The van der Waals surface area contributed by atoms with Gasteiger partial charge >= 0.3 is 12.1 Å². The summed E-state index contributed by atoms with van der Waals surface area (Å²) in [5.74, 6) is -6.56. The Bertz CT molecular complexity index is 2150. The van der Waals surface area contributed by atoms with Gasteiger partial charge in [0.15, 0.2) is 17.2 Å². The molecule has 3 fully saturated rings. The second-order valence-electron chi connectivity index (χ2n) is 17.2. The lowest BCUT2D eigenvalue weighted by Crippen LogP contribution is -2.65. The van der Waals surface area contributed by atoms with Gasteiger partial charge in [0.2, 0.25) is 21.8 Å². The number of amides is 4. The molecule has 4 aliphatic rings. The van der Waals surface area contributed by atoms with E-state index in [9.17, 15) is 27.9 Å². The number of carbonyl (C=O) groups is 4. The van der Waals surface area contributed by atoms with Crippen LogP contribution in [0.2, 0.25) is 0 Å². The van der Waals surface area contributed by atoms with Crippen LogP contribution in [-0.4, -0.2) is 99.3 Å². The molecule has 2 aliphatic carbocycles. The van der Waals surface area contributed by atoms with Crippen LogP contribution < -0.4 is 19.5 Å². The summed E-state index contributed by atoms with van der Waals surface area (Å²) in [6.45, 7) is 9.40. The van der Waals surface area contributed by atoms with Gasteiger partial charge in [0.05, 0.1) is 11.9 Å². The number of nitrogens with zero attached hydrogens (tertiary/aromatic N) is 3. The van der Waals surface area contributed by atoms with Crippen molar-refractivity contribution in [3.63, 3.8) is 0 Å². The van der Waals surface area contributed by atoms with Gasteiger partial charge in [0.1, 0.15) is 17.6 Å². The maximum Gasteiger partial charge on any atom is 0.408 e. The van der Waals surface area contributed by atoms with E-state index in [0.29, 0.717) is 31.1 Å². The summed E-state index contributed by atoms with van der Waals surface area (Å²) >= 11 is 0. The van der Waals surface area contributed by atoms with E-state index in [2.05, 4.69) is 15.0 Å². The van der Waals surface area contributed by atoms with Crippen LogP contribution in [0.3, 0.4) is 0 Å². The van der Waals surface area contributed by atoms with Crippen LogP contribution in [-0.2, 0) is 24.4 Å². The zero-order chi connectivity index (χ0) is 43.5. The molecule has 1 saturated heterocycles. The first-order valence-electron chi connectivity index (χ1n) is 20.2. The minimum Gasteiger partial charge on any atom is -0.494 e. The summed E-state index contributed by atoms with van der Waals surface area (Å²) in [7, 11) is -2.93. The Labute approximate surface area is 342 Å². The Balaban J connectivity index is 1.50. The molecule has 18 heteroatoms. The Morgan fingerprint density at radius 2 is 1.86 bits per heavy atom. The van der Waals surface area contributed by atoms with Gasteiger partial charge in [0.25, 0.3) is 11.8 Å². The number of halogens is 3. The fourth-order valence-corrected chi connectivity index (χ4v) is 9.88. The van der Waals surface area contributed by atoms with Crippen molar-refractivity contribution in [2.24, 2.45) is 17.8 Å². The topological polar surface area (TPSA) is 185 Å². The van der Waals surface area contributed by atoms with E-state index >= 15 is 18.0 Å². The third-order valence-corrected chi connectivity index (χ3v) is 15.2. The molecule has 1 aromatic heterocycles. The number of pyridine rings is 1. The van der Waals surface area contributed by atoms with Gasteiger partial charge in [0, 0.05) is 30.0 Å². The van der Waals surface area contributed by atoms with E-state index in [1.165, 1.54) is 32.4 Å². The highest BCUT2D eigenvalue weighted by Crippen LogP contribution is 2.51. The van der Waals surface area contributed by atoms with Gasteiger partial charge < -0.3 is 19.9 Å². The van der Waals surface area contributed by atoms with Crippen molar-refractivity contribution in [3.05, 3.63) is 42.4 Å². The Morgan fingerprint density at radius 3 is 2.47 bits per heavy atom. The average Bonchev–Trinajstić information content (AvgIpc) is 4.08. The number of aromatic nitrogens is 1. The summed E-state index contributed by atoms with van der Waals surface area (Å²) < 4.78 is 88.9. The van der Waals surface area contributed by atoms with Crippen molar-refractivity contribution in [1.29, 1.82) is 0 Å². The number of fused-ring (bicyclic) bond motifs is 3. The predicted octanol–water partition coefficient (Wildman–Crippen LogP) is 6.14. The maximum absolute atomic E-state index is 17.7. The van der Waals surface area contributed by atoms with Crippen molar-refractivity contribution >= 4 is 44.6 Å². The number of ether oxygens (including phenoxy) is 2. The van der Waals surface area contributed by atoms with Gasteiger partial charge in [-0.25, -0.2) is 22.6 Å². The lowest BCUT2D eigenvalue weighted by molar-refractivity contribution is -0.219. The monoisotopic (exact) mass is 849 g/mol. The number of nitrogens with one attached hydrogen (secondary N) is 2. The van der Waals surface area contributed by atoms with E-state index in [1.54, 1.807) is 26.8 Å². The van der Waals surface area contributed by atoms with E-state index in [0.717, 1.165) is 17.9 Å². The van der Waals surface area contributed by atoms with Gasteiger partial charge in [-0.3, -0.25) is 28.9 Å². The van der Waals surface area contributed by atoms with Crippen molar-refractivity contribution in [2.45, 2.75) is 139 Å². The molecule has 14 nitrogen and oxygen atoms in total. The Kier molecular flexibility index (Phi) is 11.8. The number of rotatable bonds is 10. The molecule has 6 rings (SSSR count). The van der Waals surface area contributed by atoms with Crippen molar-refractivity contribution in [3.8, 4) is 11.6 Å². The van der Waals surface area contributed by atoms with Crippen LogP contribution in [0.4, 0.5) is 18.0 Å². The number of alkyl halides is 2. The summed E-state index contributed by atoms with van der Waals surface area (Å²) in [6, 6.07) is -5.09. The number of benzene rings is 1. The normalized spacial score (nSPS) is 31.4. The fraction of sp³-hybridized carbons (Fsp3) is 0.634. The van der Waals surface area contributed by atoms with Gasteiger partial charge in [-0.1, -0.05) is 39.3 Å². The molecule has 1 unspecified atom stereocenters. The molecule has 2 aliphatic heterocycles. The molecule has 0 bridgehead atoms. The number of hydrogen-bond donors (Lipinski definition) is 3. The van der Waals surface area contributed by atoms with Gasteiger partial charge in [-0.15, -0.1) is 0 Å². The predicted molar refractivity (Wildman–Crippen MR) is 211 cm³/mol. The van der Waals surface area contributed by atoms with Crippen molar-refractivity contribution in [1.82, 2.24) is 24.8 Å². The third kappa shape index (κ3) is 7.81. The Morgan fingerprint density at radius 1 is 1.17 bits per heavy atom. The molecule has 324 valence electrons. The molecule has 2 saturated carbocycles. The highest BCUT2D eigenvalue weighted by molar-refractivity contribution is 7.91. The van der Waals surface area contributed by atoms with Crippen molar-refractivity contribution < 1.29 is 55.3 Å². The highest BCUT2D eigenvalue weighted by atomic mass is 32.2. The summed E-state index contributed by atoms with van der Waals surface area (Å²) in [5, 5.41) is 13.5. The molecule has 3 N–H and O–H groups in total. The number of allylic oxidation sites excluding steroid dienone is 1. The fourth-order valence-electron chi connectivity index (χ4n) is 8.57. The average molecular weight is 850 g/mol. The quantitative estimate of drug-likeness (QED) is 0.186. The van der Waals surface area contributed by atoms with E-state index in [4.69, 9.17) is 9.47 Å². The first-order valence-corrected chi connectivity index (χ1v) is 21.7. The van der Waals surface area contributed by atoms with Crippen LogP contribution in [0.5, 0.6) is 11.6 Å². The molecule has 0 spiro atoms. The standard InChI is InChI=1S/C41H54F3N5O9S/c1-8-24(4)48(37(53)54)32-25(9-2)18-23(3)12-10-11-13-27-21-40(27,36(52)47-59(55,56)38(5)15-16-38)46-33(50)30-22-39(6,41(43,44)49(30)35(32)51)58-34-28-20-29(42)31(57-7)19-26(28)14-17-45-34/h11,13-14,17,19-20,23-25,27,30,32H,8-10,12,15-16,18,21-22H2,1-7H3,(H,46,50)(H,47,52)(H,53,54)/b13-11-/t23-,24?,25-,27-,30+,32+,39-,40-/m1/s1. The van der Waals surface area contributed by atoms with Crippen LogP contribution in [0.15, 0.2) is 36.5 Å². The van der Waals surface area contributed by atoms with Crippen LogP contribution in [0, 0.1) is 23.6 Å². The summed E-state index contributed by atoms with van der Waals surface area (Å²) in [4.78, 5) is 62.1. The van der Waals surface area contributed by atoms with Crippen LogP contribution in [0.1, 0.15) is 99.3 Å². The van der Waals surface area contributed by atoms with Crippen LogP contribution >= 0.6 is 0 Å². The van der Waals surface area contributed by atoms with Crippen LogP contribution in [0.25, 0.3) is 10.8 Å². The summed E-state index contributed by atoms with van der Waals surface area (Å²) in [5.41, 5.74) is -4.62. The first kappa shape index (κ1) is 44.0. The molecule has 0 radical (unpaired) electrons. The number of carboxylic acid groups (broad SMARTS) is 1. The number of carbonyl (C=O) groups excluding carboxylic acids is 3. The molecular formula is C41H54F3N5O9S. The smallest absolute Gasteiger partial charge is 0.408 e. The zero-order valence-electron chi connectivity index (χ0n) is 34.4. The Hall–Kier alpha value is -4.61. The molecule has 8 atom stereocenters. The number of sulfonamides is 1. The third-order valence-electron chi connectivity index (χ3n) is 13.0. The number of hydrogen-bond acceptors (Lipinski definition) is 9. The van der Waals surface area contributed by atoms with E-state index < -0.39 is 104 Å². The van der Waals surface area contributed by atoms with Crippen molar-refractivity contribution in [2.75, 3.05) is 7.11 Å². The highest BCUT2D eigenvalue weighted by Gasteiger charge is 2.71. The van der Waals surface area contributed by atoms with E-state index in [-0.39, 0.29) is 47.6 Å².